The fraction of sp³-hybridized carbons (Fsp3) is 0.650. The lowest BCUT2D eigenvalue weighted by atomic mass is 10.1. The fourth-order valence-electron chi connectivity index (χ4n) is 4.21. The lowest BCUT2D eigenvalue weighted by Crippen LogP contribution is -2.49. The summed E-state index contributed by atoms with van der Waals surface area (Å²) in [4.78, 5) is 17.2. The quantitative estimate of drug-likeness (QED) is 0.830. The van der Waals surface area contributed by atoms with Gasteiger partial charge in [0.2, 0.25) is 0 Å². The molecule has 142 valence electrons. The van der Waals surface area contributed by atoms with Crippen molar-refractivity contribution in [2.24, 2.45) is 5.92 Å². The van der Waals surface area contributed by atoms with E-state index in [2.05, 4.69) is 32.6 Å². The number of benzene rings is 1. The summed E-state index contributed by atoms with van der Waals surface area (Å²) < 4.78 is 0. The SMILES string of the molecule is O=C(NC[C@@H]1CCN(c2ccc(Cl)cc2)C1)NC1CCN(C2CC2)CC1. The molecule has 1 atom stereocenters. The Morgan fingerprint density at radius 3 is 2.46 bits per heavy atom. The monoisotopic (exact) mass is 376 g/mol. The van der Waals surface area contributed by atoms with Crippen LogP contribution in [0.25, 0.3) is 0 Å². The molecule has 0 unspecified atom stereocenters. The molecule has 2 amide bonds. The highest BCUT2D eigenvalue weighted by atomic mass is 35.5. The van der Waals surface area contributed by atoms with E-state index in [1.807, 2.05) is 12.1 Å². The highest BCUT2D eigenvalue weighted by Crippen LogP contribution is 2.29. The molecule has 3 fully saturated rings. The van der Waals surface area contributed by atoms with Gasteiger partial charge in [-0.1, -0.05) is 11.6 Å². The maximum Gasteiger partial charge on any atom is 0.315 e. The minimum atomic E-state index is -0.000171. The van der Waals surface area contributed by atoms with E-state index in [1.165, 1.54) is 18.5 Å². The van der Waals surface area contributed by atoms with Gasteiger partial charge in [0.25, 0.3) is 0 Å². The van der Waals surface area contributed by atoms with Crippen LogP contribution in [-0.4, -0.2) is 55.7 Å². The molecule has 0 bridgehead atoms. The second-order valence-electron chi connectivity index (χ2n) is 7.97. The fourth-order valence-corrected chi connectivity index (χ4v) is 4.33. The topological polar surface area (TPSA) is 47.6 Å². The number of likely N-dealkylation sites (tertiary alicyclic amines) is 1. The molecule has 26 heavy (non-hydrogen) atoms. The second kappa shape index (κ2) is 8.05. The van der Waals surface area contributed by atoms with Crippen molar-refractivity contribution in [3.8, 4) is 0 Å². The first-order chi connectivity index (χ1) is 12.7. The van der Waals surface area contributed by atoms with Crippen molar-refractivity contribution in [2.45, 2.75) is 44.2 Å². The second-order valence-corrected chi connectivity index (χ2v) is 8.41. The van der Waals surface area contributed by atoms with Crippen molar-refractivity contribution in [1.82, 2.24) is 15.5 Å². The number of rotatable bonds is 5. The number of carbonyl (C=O) groups is 1. The Hall–Kier alpha value is -1.46. The van der Waals surface area contributed by atoms with Crippen LogP contribution in [0.15, 0.2) is 24.3 Å². The number of amides is 2. The first-order valence-corrected chi connectivity index (χ1v) is 10.3. The standard InChI is InChI=1S/C20H29ClN4O/c21-16-1-3-19(4-2-16)25-10-7-15(14-25)13-22-20(26)23-17-8-11-24(12-9-17)18-5-6-18/h1-4,15,17-18H,5-14H2,(H2,22,23,26)/t15-/m0/s1. The summed E-state index contributed by atoms with van der Waals surface area (Å²) in [5, 5.41) is 7.02. The molecule has 3 aliphatic rings. The van der Waals surface area contributed by atoms with E-state index in [9.17, 15) is 4.79 Å². The maximum atomic E-state index is 12.2. The first-order valence-electron chi connectivity index (χ1n) is 9.96. The third kappa shape index (κ3) is 4.63. The van der Waals surface area contributed by atoms with Gasteiger partial charge in [0.15, 0.2) is 0 Å². The van der Waals surface area contributed by atoms with E-state index in [4.69, 9.17) is 11.6 Å². The predicted molar refractivity (Wildman–Crippen MR) is 106 cm³/mol. The Morgan fingerprint density at radius 1 is 1.04 bits per heavy atom. The molecule has 2 saturated heterocycles. The minimum Gasteiger partial charge on any atom is -0.371 e. The van der Waals surface area contributed by atoms with Gasteiger partial charge in [0.05, 0.1) is 0 Å². The average molecular weight is 377 g/mol. The summed E-state index contributed by atoms with van der Waals surface area (Å²) in [7, 11) is 0. The van der Waals surface area contributed by atoms with E-state index in [-0.39, 0.29) is 6.03 Å². The normalized spacial score (nSPS) is 24.7. The van der Waals surface area contributed by atoms with Crippen LogP contribution in [0.2, 0.25) is 5.02 Å². The Labute approximate surface area is 161 Å². The van der Waals surface area contributed by atoms with E-state index < -0.39 is 0 Å². The Bertz CT molecular complexity index is 611. The third-order valence-electron chi connectivity index (χ3n) is 5.96. The van der Waals surface area contributed by atoms with E-state index in [0.717, 1.165) is 63.1 Å². The van der Waals surface area contributed by atoms with E-state index in [1.54, 1.807) is 0 Å². The zero-order valence-electron chi connectivity index (χ0n) is 15.3. The molecule has 5 nitrogen and oxygen atoms in total. The van der Waals surface area contributed by atoms with Crippen LogP contribution in [0.1, 0.15) is 32.1 Å². The molecule has 0 aromatic heterocycles. The smallest absolute Gasteiger partial charge is 0.315 e. The van der Waals surface area contributed by atoms with Gasteiger partial charge >= 0.3 is 6.03 Å². The van der Waals surface area contributed by atoms with Crippen LogP contribution in [0.5, 0.6) is 0 Å². The molecule has 2 heterocycles. The van der Waals surface area contributed by atoms with Gasteiger partial charge in [-0.05, 0) is 62.3 Å². The molecule has 4 rings (SSSR count). The van der Waals surface area contributed by atoms with Crippen LogP contribution in [0, 0.1) is 5.92 Å². The lowest BCUT2D eigenvalue weighted by Gasteiger charge is -2.32. The maximum absolute atomic E-state index is 12.2. The zero-order chi connectivity index (χ0) is 17.9. The van der Waals surface area contributed by atoms with Crippen molar-refractivity contribution >= 4 is 23.3 Å². The number of hydrogen-bond acceptors (Lipinski definition) is 3. The lowest BCUT2D eigenvalue weighted by molar-refractivity contribution is 0.185. The molecular formula is C20H29ClN4O. The summed E-state index contributed by atoms with van der Waals surface area (Å²) in [6.07, 6.45) is 6.01. The van der Waals surface area contributed by atoms with Gasteiger partial charge in [-0.2, -0.15) is 0 Å². The molecule has 0 radical (unpaired) electrons. The third-order valence-corrected chi connectivity index (χ3v) is 6.21. The van der Waals surface area contributed by atoms with Crippen LogP contribution in [-0.2, 0) is 0 Å². The highest BCUT2D eigenvalue weighted by molar-refractivity contribution is 6.30. The minimum absolute atomic E-state index is 0.000171. The summed E-state index contributed by atoms with van der Waals surface area (Å²) in [6.45, 7) is 5.04. The Balaban J connectivity index is 1.15. The summed E-state index contributed by atoms with van der Waals surface area (Å²) in [6, 6.07) is 9.18. The van der Waals surface area contributed by atoms with Crippen molar-refractivity contribution in [3.05, 3.63) is 29.3 Å². The van der Waals surface area contributed by atoms with Crippen LogP contribution in [0.3, 0.4) is 0 Å². The number of urea groups is 1. The molecule has 1 aliphatic carbocycles. The van der Waals surface area contributed by atoms with Crippen LogP contribution >= 0.6 is 11.6 Å². The van der Waals surface area contributed by atoms with Crippen molar-refractivity contribution in [2.75, 3.05) is 37.6 Å². The van der Waals surface area contributed by atoms with Gasteiger partial charge in [0.1, 0.15) is 0 Å². The predicted octanol–water partition coefficient (Wildman–Crippen LogP) is 3.09. The van der Waals surface area contributed by atoms with Crippen molar-refractivity contribution < 1.29 is 4.79 Å². The number of anilines is 1. The number of nitrogens with one attached hydrogen (secondary N) is 2. The molecule has 1 aromatic rings. The largest absolute Gasteiger partial charge is 0.371 e. The van der Waals surface area contributed by atoms with Crippen molar-refractivity contribution in [3.63, 3.8) is 0 Å². The van der Waals surface area contributed by atoms with E-state index >= 15 is 0 Å². The molecule has 2 aliphatic heterocycles. The molecule has 0 spiro atoms. The van der Waals surface area contributed by atoms with Gasteiger partial charge in [-0.25, -0.2) is 4.79 Å². The van der Waals surface area contributed by atoms with E-state index in [0.29, 0.717) is 12.0 Å². The van der Waals surface area contributed by atoms with Crippen molar-refractivity contribution in [1.29, 1.82) is 0 Å². The van der Waals surface area contributed by atoms with Gasteiger partial charge < -0.3 is 20.4 Å². The number of piperidine rings is 1. The van der Waals surface area contributed by atoms with Gasteiger partial charge in [-0.15, -0.1) is 0 Å². The number of halogens is 1. The highest BCUT2D eigenvalue weighted by Gasteiger charge is 2.32. The number of hydrogen-bond donors (Lipinski definition) is 2. The van der Waals surface area contributed by atoms with Gasteiger partial charge in [0, 0.05) is 55.5 Å². The van der Waals surface area contributed by atoms with Crippen LogP contribution in [0.4, 0.5) is 10.5 Å². The average Bonchev–Trinajstić information content (AvgIpc) is 3.39. The molecule has 1 saturated carbocycles. The first kappa shape index (κ1) is 17.9. The number of carbonyl (C=O) groups excluding carboxylic acids is 1. The molecular weight excluding hydrogens is 348 g/mol. The Kier molecular flexibility index (Phi) is 5.55. The summed E-state index contributed by atoms with van der Waals surface area (Å²) in [5.74, 6) is 0.508. The molecule has 1 aromatic carbocycles. The Morgan fingerprint density at radius 2 is 1.77 bits per heavy atom. The van der Waals surface area contributed by atoms with Crippen LogP contribution < -0.4 is 15.5 Å². The summed E-state index contributed by atoms with van der Waals surface area (Å²) >= 11 is 5.96. The summed E-state index contributed by atoms with van der Waals surface area (Å²) in [5.41, 5.74) is 1.21. The molecule has 2 N–H and O–H groups in total. The number of nitrogens with zero attached hydrogens (tertiary/aromatic N) is 2. The zero-order valence-corrected chi connectivity index (χ0v) is 16.0. The van der Waals surface area contributed by atoms with Gasteiger partial charge in [-0.3, -0.25) is 0 Å². The molecule has 6 heteroatoms.